The Bertz CT molecular complexity index is 584. The van der Waals surface area contributed by atoms with E-state index in [9.17, 15) is 9.59 Å². The van der Waals surface area contributed by atoms with Crippen LogP contribution in [0.4, 0.5) is 0 Å². The summed E-state index contributed by atoms with van der Waals surface area (Å²) >= 11 is 0. The lowest BCUT2D eigenvalue weighted by Crippen LogP contribution is -2.49. The van der Waals surface area contributed by atoms with Crippen molar-refractivity contribution < 1.29 is 14.3 Å². The van der Waals surface area contributed by atoms with E-state index in [-0.39, 0.29) is 23.9 Å². The number of benzene rings is 1. The monoisotopic (exact) mass is 344 g/mol. The minimum atomic E-state index is 0.121. The molecule has 1 aromatic rings. The van der Waals surface area contributed by atoms with Crippen LogP contribution in [0.1, 0.15) is 38.2 Å². The molecule has 5 heteroatoms. The number of aryl methyl sites for hydroxylation is 1. The van der Waals surface area contributed by atoms with Crippen LogP contribution in [0.3, 0.4) is 0 Å². The summed E-state index contributed by atoms with van der Waals surface area (Å²) in [5, 5.41) is 0. The van der Waals surface area contributed by atoms with Crippen LogP contribution in [0, 0.1) is 0 Å². The quantitative estimate of drug-likeness (QED) is 0.823. The third-order valence-corrected chi connectivity index (χ3v) is 5.33. The Morgan fingerprint density at radius 2 is 1.84 bits per heavy atom. The van der Waals surface area contributed by atoms with Crippen molar-refractivity contribution >= 4 is 11.8 Å². The molecule has 136 valence electrons. The first-order valence-electron chi connectivity index (χ1n) is 9.33. The molecule has 0 aromatic heterocycles. The Hall–Kier alpha value is -1.88. The maximum absolute atomic E-state index is 12.5. The molecule has 1 atom stereocenters. The normalized spacial score (nSPS) is 21.3. The second-order valence-electron chi connectivity index (χ2n) is 7.04. The van der Waals surface area contributed by atoms with E-state index >= 15 is 0 Å². The summed E-state index contributed by atoms with van der Waals surface area (Å²) in [7, 11) is 0. The molecule has 0 N–H and O–H groups in total. The van der Waals surface area contributed by atoms with Crippen molar-refractivity contribution in [3.63, 3.8) is 0 Å². The highest BCUT2D eigenvalue weighted by Gasteiger charge is 2.35. The Labute approximate surface area is 149 Å². The first-order valence-corrected chi connectivity index (χ1v) is 9.33. The zero-order chi connectivity index (χ0) is 17.6. The summed E-state index contributed by atoms with van der Waals surface area (Å²) in [5.41, 5.74) is 1.19. The fourth-order valence-corrected chi connectivity index (χ4v) is 4.03. The average Bonchev–Trinajstić information content (AvgIpc) is 3.11. The number of nitrogens with zero attached hydrogens (tertiary/aromatic N) is 2. The van der Waals surface area contributed by atoms with Crippen molar-refractivity contribution in [1.82, 2.24) is 9.80 Å². The number of rotatable bonds is 5. The van der Waals surface area contributed by atoms with Crippen LogP contribution in [0.2, 0.25) is 0 Å². The summed E-state index contributed by atoms with van der Waals surface area (Å²) < 4.78 is 5.42. The van der Waals surface area contributed by atoms with Crippen LogP contribution in [0.5, 0.6) is 0 Å². The molecule has 2 aliphatic heterocycles. The van der Waals surface area contributed by atoms with Crippen molar-refractivity contribution in [2.24, 2.45) is 0 Å². The number of carbonyl (C=O) groups is 2. The van der Waals surface area contributed by atoms with Gasteiger partial charge >= 0.3 is 0 Å². The maximum atomic E-state index is 12.5. The highest BCUT2D eigenvalue weighted by Crippen LogP contribution is 2.24. The van der Waals surface area contributed by atoms with Gasteiger partial charge in [0.2, 0.25) is 11.8 Å². The van der Waals surface area contributed by atoms with Crippen molar-refractivity contribution in [2.45, 2.75) is 51.1 Å². The summed E-state index contributed by atoms with van der Waals surface area (Å²) in [6, 6.07) is 10.5. The minimum Gasteiger partial charge on any atom is -0.381 e. The molecule has 25 heavy (non-hydrogen) atoms. The lowest BCUT2D eigenvalue weighted by atomic mass is 10.0. The Morgan fingerprint density at radius 1 is 1.12 bits per heavy atom. The first-order chi connectivity index (χ1) is 12.1. The van der Waals surface area contributed by atoms with Gasteiger partial charge in [-0.25, -0.2) is 0 Å². The van der Waals surface area contributed by atoms with Crippen LogP contribution in [-0.2, 0) is 20.7 Å². The number of likely N-dealkylation sites (tertiary alicyclic amines) is 1. The van der Waals surface area contributed by atoms with Gasteiger partial charge in [0.25, 0.3) is 0 Å². The zero-order valence-corrected chi connectivity index (χ0v) is 15.0. The maximum Gasteiger partial charge on any atom is 0.222 e. The molecule has 0 aliphatic carbocycles. The van der Waals surface area contributed by atoms with Gasteiger partial charge in [-0.05, 0) is 31.2 Å². The third-order valence-electron chi connectivity index (χ3n) is 5.33. The number of hydrogen-bond donors (Lipinski definition) is 0. The van der Waals surface area contributed by atoms with Crippen molar-refractivity contribution in [1.29, 1.82) is 0 Å². The van der Waals surface area contributed by atoms with Gasteiger partial charge in [-0.15, -0.1) is 0 Å². The fourth-order valence-electron chi connectivity index (χ4n) is 4.03. The second-order valence-corrected chi connectivity index (χ2v) is 7.04. The number of hydrogen-bond acceptors (Lipinski definition) is 3. The molecule has 2 fully saturated rings. The standard InChI is InChI=1S/C20H28N2O3/c1-16(23)22(18-10-13-25-14-11-18)19-9-12-21(15-19)20(24)8-7-17-5-3-2-4-6-17/h2-6,18-19H,7-15H2,1H3. The van der Waals surface area contributed by atoms with Gasteiger partial charge in [0.05, 0.1) is 6.04 Å². The van der Waals surface area contributed by atoms with Crippen molar-refractivity contribution in [3.8, 4) is 0 Å². The van der Waals surface area contributed by atoms with Gasteiger partial charge in [0.15, 0.2) is 0 Å². The van der Waals surface area contributed by atoms with E-state index in [1.54, 1.807) is 6.92 Å². The van der Waals surface area contributed by atoms with Gasteiger partial charge in [-0.1, -0.05) is 30.3 Å². The van der Waals surface area contributed by atoms with E-state index in [4.69, 9.17) is 4.74 Å². The predicted octanol–water partition coefficient (Wildman–Crippen LogP) is 2.25. The van der Waals surface area contributed by atoms with Gasteiger partial charge < -0.3 is 14.5 Å². The van der Waals surface area contributed by atoms with E-state index in [1.165, 1.54) is 5.56 Å². The minimum absolute atomic E-state index is 0.121. The van der Waals surface area contributed by atoms with E-state index in [0.29, 0.717) is 13.0 Å². The molecule has 2 saturated heterocycles. The molecule has 0 bridgehead atoms. The second kappa shape index (κ2) is 8.48. The smallest absolute Gasteiger partial charge is 0.222 e. The zero-order valence-electron chi connectivity index (χ0n) is 15.0. The SMILES string of the molecule is CC(=O)N(C1CCOCC1)C1CCN(C(=O)CCc2ccccc2)C1. The van der Waals surface area contributed by atoms with Gasteiger partial charge in [-0.3, -0.25) is 9.59 Å². The van der Waals surface area contributed by atoms with Crippen LogP contribution in [0.25, 0.3) is 0 Å². The van der Waals surface area contributed by atoms with Gasteiger partial charge in [0.1, 0.15) is 0 Å². The fraction of sp³-hybridized carbons (Fsp3) is 0.600. The lowest BCUT2D eigenvalue weighted by molar-refractivity contribution is -0.137. The number of carbonyl (C=O) groups excluding carboxylic acids is 2. The molecule has 2 heterocycles. The molecule has 1 aromatic carbocycles. The van der Waals surface area contributed by atoms with E-state index in [2.05, 4.69) is 12.1 Å². The molecule has 0 spiro atoms. The molecule has 3 rings (SSSR count). The highest BCUT2D eigenvalue weighted by atomic mass is 16.5. The number of amides is 2. The molecule has 5 nitrogen and oxygen atoms in total. The summed E-state index contributed by atoms with van der Waals surface area (Å²) in [5.74, 6) is 0.317. The van der Waals surface area contributed by atoms with E-state index < -0.39 is 0 Å². The first kappa shape index (κ1) is 17.9. The predicted molar refractivity (Wildman–Crippen MR) is 96.1 cm³/mol. The van der Waals surface area contributed by atoms with Crippen LogP contribution >= 0.6 is 0 Å². The van der Waals surface area contributed by atoms with Crippen LogP contribution < -0.4 is 0 Å². The molecular weight excluding hydrogens is 316 g/mol. The van der Waals surface area contributed by atoms with E-state index in [0.717, 1.165) is 45.4 Å². The van der Waals surface area contributed by atoms with E-state index in [1.807, 2.05) is 28.0 Å². The molecule has 0 saturated carbocycles. The molecule has 1 unspecified atom stereocenters. The number of ether oxygens (including phenoxy) is 1. The molecular formula is C20H28N2O3. The van der Waals surface area contributed by atoms with Crippen molar-refractivity contribution in [2.75, 3.05) is 26.3 Å². The van der Waals surface area contributed by atoms with Crippen LogP contribution in [-0.4, -0.2) is 60.0 Å². The van der Waals surface area contributed by atoms with Gasteiger partial charge in [-0.2, -0.15) is 0 Å². The highest BCUT2D eigenvalue weighted by molar-refractivity contribution is 5.77. The van der Waals surface area contributed by atoms with Crippen LogP contribution in [0.15, 0.2) is 30.3 Å². The molecule has 2 aliphatic rings. The lowest BCUT2D eigenvalue weighted by Gasteiger charge is -2.37. The third kappa shape index (κ3) is 4.60. The summed E-state index contributed by atoms with van der Waals surface area (Å²) in [6.45, 7) is 4.52. The summed E-state index contributed by atoms with van der Waals surface area (Å²) in [4.78, 5) is 28.7. The van der Waals surface area contributed by atoms with Gasteiger partial charge in [0, 0.05) is 45.7 Å². The Morgan fingerprint density at radius 3 is 2.52 bits per heavy atom. The Kier molecular flexibility index (Phi) is 6.08. The Balaban J connectivity index is 1.54. The van der Waals surface area contributed by atoms with Crippen molar-refractivity contribution in [3.05, 3.63) is 35.9 Å². The molecule has 2 amide bonds. The molecule has 0 radical (unpaired) electrons. The topological polar surface area (TPSA) is 49.9 Å². The largest absolute Gasteiger partial charge is 0.381 e. The summed E-state index contributed by atoms with van der Waals surface area (Å²) in [6.07, 6.45) is 4.00. The average molecular weight is 344 g/mol.